The van der Waals surface area contributed by atoms with Gasteiger partial charge in [-0.25, -0.2) is 0 Å². The van der Waals surface area contributed by atoms with Crippen LogP contribution in [0.5, 0.6) is 0 Å². The van der Waals surface area contributed by atoms with Gasteiger partial charge in [0, 0.05) is 43.5 Å². The standard InChI is InChI=1S/C18H32ClN3O6S.CH3FS/c1-7(19)10(16-13(24)12(23)14(25)18(28-16)29-2)22-17(26)11-15-8(6-21-11)5-9(20)3-4-27-15;1-3-2/h7-16,18,21,23-25H,3-6,20H2,1-2H3,(H,22,26);1H3/t7-,8-,9?,10+,11-,12+,13?,14+,15+,16+,18?;/m0./s1. The maximum absolute atomic E-state index is 13.1. The highest BCUT2D eigenvalue weighted by molar-refractivity contribution is 7.99. The zero-order valence-corrected chi connectivity index (χ0v) is 20.8. The molecule has 0 aliphatic carbocycles. The average Bonchev–Trinajstić information content (AvgIpc) is 3.04. The second-order valence-corrected chi connectivity index (χ2v) is 10.2. The van der Waals surface area contributed by atoms with Crippen molar-refractivity contribution in [1.29, 1.82) is 0 Å². The molecule has 32 heavy (non-hydrogen) atoms. The van der Waals surface area contributed by atoms with Gasteiger partial charge in [0.2, 0.25) is 5.91 Å². The Balaban J connectivity index is 0.00000114. The second kappa shape index (κ2) is 13.3. The minimum atomic E-state index is -1.40. The topological polar surface area (TPSA) is 146 Å². The molecule has 3 aliphatic heterocycles. The van der Waals surface area contributed by atoms with Gasteiger partial charge in [0.25, 0.3) is 0 Å². The minimum Gasteiger partial charge on any atom is -0.388 e. The molecule has 11 atom stereocenters. The molecule has 3 saturated heterocycles. The van der Waals surface area contributed by atoms with Crippen molar-refractivity contribution in [2.45, 2.75) is 79.2 Å². The lowest BCUT2D eigenvalue weighted by Crippen LogP contribution is -2.65. The molecule has 0 spiro atoms. The molecule has 3 rings (SSSR count). The Morgan fingerprint density at radius 1 is 1.28 bits per heavy atom. The van der Waals surface area contributed by atoms with Crippen molar-refractivity contribution in [3.8, 4) is 0 Å². The van der Waals surface area contributed by atoms with Gasteiger partial charge < -0.3 is 41.2 Å². The molecule has 3 fully saturated rings. The summed E-state index contributed by atoms with van der Waals surface area (Å²) in [4.78, 5) is 13.1. The SMILES string of the molecule is CSC1O[C@H]([C@H](NC(=O)[C@H]2NC[C@@H]3CC(N)CCO[C@H]32)[C@H](C)Cl)C(O)[C@@H](O)[C@H]1O.CSF. The van der Waals surface area contributed by atoms with Crippen LogP contribution < -0.4 is 16.4 Å². The van der Waals surface area contributed by atoms with Crippen molar-refractivity contribution in [2.75, 3.05) is 25.7 Å². The lowest BCUT2D eigenvalue weighted by atomic mass is 9.92. The van der Waals surface area contributed by atoms with Crippen LogP contribution in [-0.2, 0) is 14.3 Å². The van der Waals surface area contributed by atoms with Crippen molar-refractivity contribution in [3.63, 3.8) is 0 Å². The van der Waals surface area contributed by atoms with Gasteiger partial charge in [-0.05, 0) is 26.0 Å². The van der Waals surface area contributed by atoms with Crippen LogP contribution in [0.2, 0.25) is 0 Å². The van der Waals surface area contributed by atoms with Crippen LogP contribution in [-0.4, -0.2) is 106 Å². The highest BCUT2D eigenvalue weighted by Gasteiger charge is 2.49. The van der Waals surface area contributed by atoms with Crippen LogP contribution in [0.3, 0.4) is 0 Å². The Morgan fingerprint density at radius 3 is 2.53 bits per heavy atom. The number of fused-ring (bicyclic) bond motifs is 1. The number of rotatable bonds is 5. The first kappa shape index (κ1) is 28.3. The molecule has 0 radical (unpaired) electrons. The Hall–Kier alpha value is 0.110. The summed E-state index contributed by atoms with van der Waals surface area (Å²) in [5.74, 6) is -0.146. The van der Waals surface area contributed by atoms with E-state index in [0.29, 0.717) is 13.2 Å². The highest BCUT2D eigenvalue weighted by Crippen LogP contribution is 2.31. The first-order chi connectivity index (χ1) is 15.2. The van der Waals surface area contributed by atoms with E-state index in [2.05, 4.69) is 10.6 Å². The average molecular weight is 520 g/mol. The van der Waals surface area contributed by atoms with Gasteiger partial charge in [0.1, 0.15) is 35.9 Å². The number of hydrogen-bond donors (Lipinski definition) is 6. The van der Waals surface area contributed by atoms with E-state index in [1.807, 2.05) is 0 Å². The number of thioether (sulfide) groups is 1. The number of carbonyl (C=O) groups excluding carboxylic acids is 1. The molecule has 13 heteroatoms. The van der Waals surface area contributed by atoms with Crippen molar-refractivity contribution < 1.29 is 33.5 Å². The number of alkyl halides is 1. The monoisotopic (exact) mass is 519 g/mol. The van der Waals surface area contributed by atoms with Crippen LogP contribution in [0.1, 0.15) is 19.8 Å². The van der Waals surface area contributed by atoms with E-state index in [1.54, 1.807) is 13.2 Å². The summed E-state index contributed by atoms with van der Waals surface area (Å²) in [7, 11) is 0. The third kappa shape index (κ3) is 6.83. The molecule has 0 aromatic rings. The van der Waals surface area contributed by atoms with Gasteiger partial charge in [-0.3, -0.25) is 4.79 Å². The molecule has 0 bridgehead atoms. The zero-order chi connectivity index (χ0) is 24.0. The van der Waals surface area contributed by atoms with Gasteiger partial charge in [-0.1, -0.05) is 0 Å². The predicted molar refractivity (Wildman–Crippen MR) is 124 cm³/mol. The molecule has 9 nitrogen and oxygen atoms in total. The summed E-state index contributed by atoms with van der Waals surface area (Å²) in [5, 5.41) is 36.2. The van der Waals surface area contributed by atoms with Crippen molar-refractivity contribution in [2.24, 2.45) is 11.7 Å². The first-order valence-corrected chi connectivity index (χ1v) is 13.4. The quantitative estimate of drug-likeness (QED) is 0.265. The largest absolute Gasteiger partial charge is 0.388 e. The number of aliphatic hydroxyl groups excluding tert-OH is 3. The van der Waals surface area contributed by atoms with Crippen LogP contribution in [0.25, 0.3) is 0 Å². The second-order valence-electron chi connectivity index (χ2n) is 8.31. The number of amides is 1. The maximum atomic E-state index is 13.1. The third-order valence-electron chi connectivity index (χ3n) is 6.08. The van der Waals surface area contributed by atoms with Crippen LogP contribution in [0, 0.1) is 5.92 Å². The lowest BCUT2D eigenvalue weighted by molar-refractivity contribution is -0.205. The number of carbonyl (C=O) groups is 1. The smallest absolute Gasteiger partial charge is 0.240 e. The molecular formula is C19H35ClFN3O6S2. The van der Waals surface area contributed by atoms with Crippen LogP contribution in [0.4, 0.5) is 3.89 Å². The number of ether oxygens (including phenoxy) is 2. The highest BCUT2D eigenvalue weighted by atomic mass is 35.5. The Bertz CT molecular complexity index is 599. The van der Waals surface area contributed by atoms with Gasteiger partial charge in [0.15, 0.2) is 0 Å². The van der Waals surface area contributed by atoms with Crippen molar-refractivity contribution in [1.82, 2.24) is 10.6 Å². The molecule has 0 aromatic carbocycles. The molecule has 3 unspecified atom stereocenters. The Kier molecular flexibility index (Phi) is 11.8. The van der Waals surface area contributed by atoms with Crippen molar-refractivity contribution in [3.05, 3.63) is 0 Å². The normalized spacial score (nSPS) is 41.5. The molecule has 0 saturated carbocycles. The number of aliphatic hydroxyl groups is 3. The van der Waals surface area contributed by atoms with E-state index in [9.17, 15) is 24.0 Å². The summed E-state index contributed by atoms with van der Waals surface area (Å²) in [6, 6.07) is -1.27. The summed E-state index contributed by atoms with van der Waals surface area (Å²) in [5.41, 5.74) is 5.34. The predicted octanol–water partition coefficient (Wildman–Crippen LogP) is -0.403. The number of halogens is 2. The van der Waals surface area contributed by atoms with Gasteiger partial charge >= 0.3 is 0 Å². The molecular weight excluding hydrogens is 485 g/mol. The molecule has 0 aromatic heterocycles. The molecule has 188 valence electrons. The first-order valence-electron chi connectivity index (χ1n) is 10.6. The Labute approximate surface area is 202 Å². The summed E-state index contributed by atoms with van der Waals surface area (Å²) in [6.45, 7) is 2.83. The van der Waals surface area contributed by atoms with Gasteiger partial charge in [-0.2, -0.15) is 3.89 Å². The fraction of sp³-hybridized carbons (Fsp3) is 0.947. The van der Waals surface area contributed by atoms with Crippen molar-refractivity contribution >= 4 is 41.4 Å². The fourth-order valence-electron chi connectivity index (χ4n) is 4.41. The van der Waals surface area contributed by atoms with Gasteiger partial charge in [0.05, 0.1) is 17.5 Å². The van der Waals surface area contributed by atoms with E-state index in [1.165, 1.54) is 18.0 Å². The van der Waals surface area contributed by atoms with Gasteiger partial charge in [-0.15, -0.1) is 23.4 Å². The minimum absolute atomic E-state index is 0.0615. The number of nitrogens with two attached hydrogens (primary N) is 1. The summed E-state index contributed by atoms with van der Waals surface area (Å²) >= 11 is 7.79. The van der Waals surface area contributed by atoms with E-state index >= 15 is 0 Å². The van der Waals surface area contributed by atoms with E-state index in [0.717, 1.165) is 12.8 Å². The third-order valence-corrected chi connectivity index (χ3v) is 7.20. The number of nitrogens with one attached hydrogen (secondary N) is 2. The van der Waals surface area contributed by atoms with E-state index in [-0.39, 0.29) is 36.1 Å². The maximum Gasteiger partial charge on any atom is 0.240 e. The van der Waals surface area contributed by atoms with E-state index in [4.69, 9.17) is 26.8 Å². The number of hydrogen-bond acceptors (Lipinski definition) is 10. The molecule has 1 amide bonds. The van der Waals surface area contributed by atoms with Crippen LogP contribution in [0.15, 0.2) is 0 Å². The molecule has 7 N–H and O–H groups in total. The summed E-state index contributed by atoms with van der Waals surface area (Å²) in [6.07, 6.45) is -0.621. The molecule has 3 aliphatic rings. The summed E-state index contributed by atoms with van der Waals surface area (Å²) < 4.78 is 21.9. The molecule has 3 heterocycles. The zero-order valence-electron chi connectivity index (χ0n) is 18.4. The van der Waals surface area contributed by atoms with E-state index < -0.39 is 47.3 Å². The fourth-order valence-corrected chi connectivity index (χ4v) is 5.30. The Morgan fingerprint density at radius 2 is 1.94 bits per heavy atom. The lowest BCUT2D eigenvalue weighted by Gasteiger charge is -2.44. The van der Waals surface area contributed by atoms with Crippen LogP contribution >= 0.6 is 35.5 Å².